The average molecular weight is 580 g/mol. The summed E-state index contributed by atoms with van der Waals surface area (Å²) in [6, 6.07) is 16.8. The van der Waals surface area contributed by atoms with Crippen molar-refractivity contribution in [1.82, 2.24) is 9.88 Å². The van der Waals surface area contributed by atoms with E-state index in [2.05, 4.69) is 33.2 Å². The molecule has 0 spiro atoms. The van der Waals surface area contributed by atoms with E-state index in [0.29, 0.717) is 31.3 Å². The van der Waals surface area contributed by atoms with Gasteiger partial charge in [0.15, 0.2) is 0 Å². The summed E-state index contributed by atoms with van der Waals surface area (Å²) in [5.41, 5.74) is 2.78. The number of rotatable bonds is 5. The Morgan fingerprint density at radius 2 is 1.69 bits per heavy atom. The number of carbonyl (C=O) groups excluding carboxylic acids is 1. The third kappa shape index (κ3) is 5.44. The summed E-state index contributed by atoms with van der Waals surface area (Å²) in [7, 11) is 2.13. The molecule has 2 N–H and O–H groups in total. The van der Waals surface area contributed by atoms with E-state index in [4.69, 9.17) is 46.4 Å². The van der Waals surface area contributed by atoms with Crippen LogP contribution in [0.25, 0.3) is 10.9 Å². The zero-order chi connectivity index (χ0) is 25.4. The fraction of sp³-hybridized carbons (Fsp3) is 0.192. The summed E-state index contributed by atoms with van der Waals surface area (Å²) in [5.74, 6) is -0.269. The van der Waals surface area contributed by atoms with Gasteiger partial charge in [0.1, 0.15) is 5.69 Å². The highest BCUT2D eigenvalue weighted by Gasteiger charge is 2.19. The van der Waals surface area contributed by atoms with E-state index in [1.165, 1.54) is 11.8 Å². The number of hydrogen-bond donors (Lipinski definition) is 2. The van der Waals surface area contributed by atoms with Gasteiger partial charge in [0.2, 0.25) is 0 Å². The van der Waals surface area contributed by atoms with Crippen LogP contribution in [0.2, 0.25) is 20.1 Å². The van der Waals surface area contributed by atoms with Gasteiger partial charge in [0.25, 0.3) is 5.91 Å². The largest absolute Gasteiger partial charge is 0.369 e. The molecule has 2 heterocycles. The number of anilines is 2. The number of carbonyl (C=O) groups is 1. The van der Waals surface area contributed by atoms with Crippen molar-refractivity contribution in [3.05, 3.63) is 80.4 Å². The van der Waals surface area contributed by atoms with Crippen molar-refractivity contribution in [3.63, 3.8) is 0 Å². The maximum absolute atomic E-state index is 13.2. The van der Waals surface area contributed by atoms with Crippen LogP contribution in [0.1, 0.15) is 10.5 Å². The molecule has 0 aliphatic carbocycles. The molecule has 10 heteroatoms. The molecule has 1 aliphatic heterocycles. The highest BCUT2D eigenvalue weighted by Crippen LogP contribution is 2.43. The zero-order valence-electron chi connectivity index (χ0n) is 19.2. The van der Waals surface area contributed by atoms with E-state index in [1.807, 2.05) is 24.3 Å². The van der Waals surface area contributed by atoms with Crippen molar-refractivity contribution in [2.24, 2.45) is 0 Å². The number of fused-ring (bicyclic) bond motifs is 1. The fourth-order valence-electron chi connectivity index (χ4n) is 4.12. The van der Waals surface area contributed by atoms with E-state index < -0.39 is 0 Å². The third-order valence-corrected chi connectivity index (χ3v) is 8.68. The lowest BCUT2D eigenvalue weighted by molar-refractivity contribution is 0.102. The number of piperazine rings is 1. The highest BCUT2D eigenvalue weighted by atomic mass is 35.5. The summed E-state index contributed by atoms with van der Waals surface area (Å²) in [6.07, 6.45) is 0. The Hall–Kier alpha value is -2.06. The molecule has 3 aromatic carbocycles. The monoisotopic (exact) mass is 578 g/mol. The first-order valence-electron chi connectivity index (χ1n) is 11.3. The fourth-order valence-corrected chi connectivity index (χ4v) is 6.10. The summed E-state index contributed by atoms with van der Waals surface area (Å²) >= 11 is 26.8. The normalized spacial score (nSPS) is 14.4. The Morgan fingerprint density at radius 1 is 0.917 bits per heavy atom. The van der Waals surface area contributed by atoms with Crippen LogP contribution >= 0.6 is 58.2 Å². The quantitative estimate of drug-likeness (QED) is 0.252. The second-order valence-corrected chi connectivity index (χ2v) is 11.3. The number of aromatic amines is 1. The Kier molecular flexibility index (Phi) is 7.63. The number of aromatic nitrogens is 1. The van der Waals surface area contributed by atoms with Crippen LogP contribution in [0.3, 0.4) is 0 Å². The molecule has 1 saturated heterocycles. The Balaban J connectivity index is 1.41. The first-order chi connectivity index (χ1) is 17.3. The maximum Gasteiger partial charge on any atom is 0.272 e. The van der Waals surface area contributed by atoms with Crippen LogP contribution in [0.4, 0.5) is 11.4 Å². The predicted octanol–water partition coefficient (Wildman–Crippen LogP) is 7.94. The number of benzene rings is 3. The van der Waals surface area contributed by atoms with E-state index in [1.54, 1.807) is 24.3 Å². The van der Waals surface area contributed by atoms with Gasteiger partial charge in [0.05, 0.1) is 20.6 Å². The van der Waals surface area contributed by atoms with Gasteiger partial charge in [-0.15, -0.1) is 0 Å². The van der Waals surface area contributed by atoms with Gasteiger partial charge in [-0.1, -0.05) is 64.2 Å². The molecule has 4 aromatic rings. The van der Waals surface area contributed by atoms with Gasteiger partial charge in [-0.3, -0.25) is 4.79 Å². The minimum absolute atomic E-state index is 0.269. The van der Waals surface area contributed by atoms with Gasteiger partial charge in [-0.05, 0) is 55.6 Å². The molecule has 1 aliphatic rings. The van der Waals surface area contributed by atoms with Crippen molar-refractivity contribution in [1.29, 1.82) is 0 Å². The van der Waals surface area contributed by atoms with Gasteiger partial charge >= 0.3 is 0 Å². The Bertz CT molecular complexity index is 1450. The van der Waals surface area contributed by atoms with Crippen molar-refractivity contribution < 1.29 is 4.79 Å². The lowest BCUT2D eigenvalue weighted by atomic mass is 10.2. The molecular weight excluding hydrogens is 558 g/mol. The van der Waals surface area contributed by atoms with Gasteiger partial charge in [0, 0.05) is 57.8 Å². The standard InChI is InChI=1S/C26H22Cl4N4OS/c1-33-7-9-34(10-8-33)17-4-2-3-16(12-17)31-26(35)21-13-18-23(14-20(29)24(30)25(18)32-21)36-22-6-5-15(27)11-19(22)28/h2-6,11-14,32H,7-10H2,1H3,(H,31,35). The number of nitrogens with one attached hydrogen (secondary N) is 2. The Labute approximate surface area is 233 Å². The van der Waals surface area contributed by atoms with E-state index in [0.717, 1.165) is 52.7 Å². The molecule has 1 aromatic heterocycles. The summed E-state index contributed by atoms with van der Waals surface area (Å²) < 4.78 is 0. The topological polar surface area (TPSA) is 51.4 Å². The number of amides is 1. The van der Waals surface area contributed by atoms with Crippen LogP contribution < -0.4 is 10.2 Å². The van der Waals surface area contributed by atoms with E-state index in [9.17, 15) is 4.79 Å². The molecule has 36 heavy (non-hydrogen) atoms. The SMILES string of the molecule is CN1CCN(c2cccc(NC(=O)c3cc4c(Sc5ccc(Cl)cc5Cl)cc(Cl)c(Cl)c4[nH]3)c2)CC1. The van der Waals surface area contributed by atoms with Crippen molar-refractivity contribution in [2.45, 2.75) is 9.79 Å². The maximum atomic E-state index is 13.2. The summed E-state index contributed by atoms with van der Waals surface area (Å²) in [6.45, 7) is 3.92. The molecule has 0 atom stereocenters. The zero-order valence-corrected chi connectivity index (χ0v) is 23.1. The predicted molar refractivity (Wildman–Crippen MR) is 153 cm³/mol. The van der Waals surface area contributed by atoms with Crippen LogP contribution in [-0.2, 0) is 0 Å². The molecule has 1 amide bonds. The smallest absolute Gasteiger partial charge is 0.272 e. The van der Waals surface area contributed by atoms with E-state index in [-0.39, 0.29) is 5.91 Å². The van der Waals surface area contributed by atoms with Crippen molar-refractivity contribution >= 4 is 86.4 Å². The van der Waals surface area contributed by atoms with Crippen LogP contribution in [-0.4, -0.2) is 49.0 Å². The molecule has 186 valence electrons. The van der Waals surface area contributed by atoms with Crippen LogP contribution in [0.15, 0.2) is 64.4 Å². The minimum Gasteiger partial charge on any atom is -0.369 e. The van der Waals surface area contributed by atoms with Gasteiger partial charge in [-0.25, -0.2) is 0 Å². The number of H-pyrrole nitrogens is 1. The number of nitrogens with zero attached hydrogens (tertiary/aromatic N) is 2. The molecular formula is C26H22Cl4N4OS. The molecule has 1 fully saturated rings. The van der Waals surface area contributed by atoms with Gasteiger partial charge in [-0.2, -0.15) is 0 Å². The molecule has 0 radical (unpaired) electrons. The van der Waals surface area contributed by atoms with Crippen molar-refractivity contribution in [2.75, 3.05) is 43.4 Å². The minimum atomic E-state index is -0.269. The lowest BCUT2D eigenvalue weighted by Crippen LogP contribution is -2.44. The van der Waals surface area contributed by atoms with E-state index >= 15 is 0 Å². The van der Waals surface area contributed by atoms with Gasteiger partial charge < -0.3 is 20.1 Å². The molecule has 0 unspecified atom stereocenters. The summed E-state index contributed by atoms with van der Waals surface area (Å²) in [4.78, 5) is 22.6. The third-order valence-electron chi connectivity index (χ3n) is 6.10. The second kappa shape index (κ2) is 10.7. The number of likely N-dealkylation sites (N-methyl/N-ethyl adjacent to an activating group) is 1. The second-order valence-electron chi connectivity index (χ2n) is 8.61. The first kappa shape index (κ1) is 25.6. The highest BCUT2D eigenvalue weighted by molar-refractivity contribution is 7.99. The van der Waals surface area contributed by atoms with Crippen LogP contribution in [0, 0.1) is 0 Å². The number of halogens is 4. The molecule has 5 rings (SSSR count). The van der Waals surface area contributed by atoms with Crippen LogP contribution in [0.5, 0.6) is 0 Å². The molecule has 0 saturated carbocycles. The first-order valence-corrected chi connectivity index (χ1v) is 13.6. The summed E-state index contributed by atoms with van der Waals surface area (Å²) in [5, 5.41) is 5.60. The lowest BCUT2D eigenvalue weighted by Gasteiger charge is -2.34. The average Bonchev–Trinajstić information content (AvgIpc) is 3.31. The molecule has 0 bridgehead atoms. The van der Waals surface area contributed by atoms with Crippen molar-refractivity contribution in [3.8, 4) is 0 Å². The number of hydrogen-bond acceptors (Lipinski definition) is 4. The Morgan fingerprint density at radius 3 is 2.44 bits per heavy atom. The molecule has 5 nitrogen and oxygen atoms in total.